The predicted molar refractivity (Wildman–Crippen MR) is 147 cm³/mol. The topological polar surface area (TPSA) is 126 Å². The lowest BCUT2D eigenvalue weighted by molar-refractivity contribution is -0.135. The molecule has 0 spiro atoms. The minimum atomic E-state index is -0.999. The lowest BCUT2D eigenvalue weighted by Gasteiger charge is -2.24. The molecule has 39 heavy (non-hydrogen) atoms. The van der Waals surface area contributed by atoms with Crippen LogP contribution in [-0.4, -0.2) is 74.0 Å². The maximum absolute atomic E-state index is 13.2. The van der Waals surface area contributed by atoms with Crippen molar-refractivity contribution < 1.29 is 28.7 Å². The van der Waals surface area contributed by atoms with Gasteiger partial charge in [-0.25, -0.2) is 0 Å². The molecule has 1 aliphatic heterocycles. The molecular weight excluding hydrogens is 524 g/mol. The summed E-state index contributed by atoms with van der Waals surface area (Å²) in [6, 6.07) is 12.2. The highest BCUT2D eigenvalue weighted by Crippen LogP contribution is 2.20. The van der Waals surface area contributed by atoms with Gasteiger partial charge in [0.15, 0.2) is 0 Å². The third kappa shape index (κ3) is 9.17. The second-order valence-corrected chi connectivity index (χ2v) is 10.1. The Balaban J connectivity index is 1.74. The Kier molecular flexibility index (Phi) is 11.0. The van der Waals surface area contributed by atoms with Crippen molar-refractivity contribution in [1.82, 2.24) is 20.9 Å². The fourth-order valence-corrected chi connectivity index (χ4v) is 4.00. The number of halogens is 1. The summed E-state index contributed by atoms with van der Waals surface area (Å²) < 4.78 is 11.6. The molecule has 0 radical (unpaired) electrons. The number of nitrogens with one attached hydrogen (secondary N) is 3. The molecule has 2 aromatic carbocycles. The van der Waals surface area contributed by atoms with Crippen LogP contribution < -0.4 is 25.4 Å². The first-order valence-electron chi connectivity index (χ1n) is 12.9. The largest absolute Gasteiger partial charge is 0.492 e. The third-order valence-corrected chi connectivity index (χ3v) is 6.51. The van der Waals surface area contributed by atoms with E-state index in [0.717, 1.165) is 0 Å². The van der Waals surface area contributed by atoms with Gasteiger partial charge >= 0.3 is 0 Å². The van der Waals surface area contributed by atoms with Crippen LogP contribution in [0.15, 0.2) is 48.5 Å². The number of likely N-dealkylation sites (N-methyl/N-ethyl adjacent to an activating group) is 1. The minimum absolute atomic E-state index is 0.0397. The van der Waals surface area contributed by atoms with Crippen molar-refractivity contribution in [3.8, 4) is 11.5 Å². The van der Waals surface area contributed by atoms with Gasteiger partial charge in [-0.15, -0.1) is 0 Å². The van der Waals surface area contributed by atoms with E-state index in [4.69, 9.17) is 21.1 Å². The smallest absolute Gasteiger partial charge is 0.255 e. The zero-order valence-corrected chi connectivity index (χ0v) is 23.1. The number of para-hydroxylation sites is 1. The van der Waals surface area contributed by atoms with Gasteiger partial charge in [0.05, 0.1) is 24.7 Å². The summed E-state index contributed by atoms with van der Waals surface area (Å²) in [7, 11) is 1.53. The van der Waals surface area contributed by atoms with Gasteiger partial charge in [-0.05, 0) is 48.7 Å². The van der Waals surface area contributed by atoms with Gasteiger partial charge in [0.25, 0.3) is 5.91 Å². The summed E-state index contributed by atoms with van der Waals surface area (Å²) in [5, 5.41) is 8.99. The van der Waals surface area contributed by atoms with Gasteiger partial charge in [-0.3, -0.25) is 19.2 Å². The van der Waals surface area contributed by atoms with Gasteiger partial charge in [0, 0.05) is 18.5 Å². The van der Waals surface area contributed by atoms with E-state index >= 15 is 0 Å². The van der Waals surface area contributed by atoms with E-state index < -0.39 is 17.9 Å². The molecule has 0 saturated heterocycles. The summed E-state index contributed by atoms with van der Waals surface area (Å²) in [4.78, 5) is 53.0. The average molecular weight is 559 g/mol. The van der Waals surface area contributed by atoms with E-state index in [2.05, 4.69) is 16.0 Å². The number of fused-ring (bicyclic) bond motifs is 1. The quantitative estimate of drug-likeness (QED) is 0.467. The molecule has 0 fully saturated rings. The Morgan fingerprint density at radius 3 is 2.56 bits per heavy atom. The Labute approximate surface area is 233 Å². The first-order chi connectivity index (χ1) is 18.6. The van der Waals surface area contributed by atoms with Crippen LogP contribution in [0.25, 0.3) is 0 Å². The van der Waals surface area contributed by atoms with Crippen molar-refractivity contribution in [2.24, 2.45) is 5.92 Å². The number of amides is 4. The standard InChI is InChI=1S/C28H35ClN4O6/c1-18(2)23-17-39-24-7-5-4-6-21(24)27(36)32-22(12-13-26(35)33(3)16-25(34)31-23)28(37)30-14-15-38-20-10-8-19(29)9-11-20/h4-11,18,22-23H,12-17H2,1-3H3,(H,30,37)(H,31,34)(H,32,36)/t22-,23+/m0/s1. The van der Waals surface area contributed by atoms with Crippen molar-refractivity contribution in [3.63, 3.8) is 0 Å². The Hall–Kier alpha value is -3.79. The third-order valence-electron chi connectivity index (χ3n) is 6.26. The number of hydrogen-bond donors (Lipinski definition) is 3. The van der Waals surface area contributed by atoms with E-state index in [-0.39, 0.29) is 68.5 Å². The van der Waals surface area contributed by atoms with Gasteiger partial charge in [-0.2, -0.15) is 0 Å². The van der Waals surface area contributed by atoms with Crippen LogP contribution in [0, 0.1) is 5.92 Å². The van der Waals surface area contributed by atoms with E-state index in [9.17, 15) is 19.2 Å². The van der Waals surface area contributed by atoms with Crippen LogP contribution in [0.2, 0.25) is 5.02 Å². The lowest BCUT2D eigenvalue weighted by Crippen LogP contribution is -2.48. The van der Waals surface area contributed by atoms with Crippen molar-refractivity contribution in [2.75, 3.05) is 33.4 Å². The average Bonchev–Trinajstić information content (AvgIpc) is 2.91. The Morgan fingerprint density at radius 1 is 1.13 bits per heavy atom. The summed E-state index contributed by atoms with van der Waals surface area (Å²) in [5.41, 5.74) is 0.244. The second-order valence-electron chi connectivity index (χ2n) is 9.63. The normalized spacial score (nSPS) is 19.1. The van der Waals surface area contributed by atoms with Crippen LogP contribution in [0.4, 0.5) is 0 Å². The van der Waals surface area contributed by atoms with E-state index in [0.29, 0.717) is 16.5 Å². The van der Waals surface area contributed by atoms with Gasteiger partial charge in [-0.1, -0.05) is 37.6 Å². The fourth-order valence-electron chi connectivity index (χ4n) is 3.88. The molecule has 0 aliphatic carbocycles. The second kappa shape index (κ2) is 14.4. The monoisotopic (exact) mass is 558 g/mol. The van der Waals surface area contributed by atoms with Crippen molar-refractivity contribution >= 4 is 35.2 Å². The van der Waals surface area contributed by atoms with E-state index in [1.54, 1.807) is 48.5 Å². The van der Waals surface area contributed by atoms with Crippen LogP contribution >= 0.6 is 11.6 Å². The molecular formula is C28H35ClN4O6. The molecule has 0 saturated carbocycles. The summed E-state index contributed by atoms with van der Waals surface area (Å²) in [5.74, 6) is -0.638. The van der Waals surface area contributed by atoms with Crippen LogP contribution in [0.5, 0.6) is 11.5 Å². The lowest BCUT2D eigenvalue weighted by atomic mass is 10.1. The van der Waals surface area contributed by atoms with Crippen molar-refractivity contribution in [1.29, 1.82) is 0 Å². The van der Waals surface area contributed by atoms with E-state index in [1.807, 2.05) is 13.8 Å². The molecule has 10 nitrogen and oxygen atoms in total. The Morgan fingerprint density at radius 2 is 1.85 bits per heavy atom. The van der Waals surface area contributed by atoms with Crippen molar-refractivity contribution in [3.05, 3.63) is 59.1 Å². The SMILES string of the molecule is CC(C)[C@H]1COc2ccccc2C(=O)N[C@H](C(=O)NCCOc2ccc(Cl)cc2)CCC(=O)N(C)CC(=O)N1. The summed E-state index contributed by atoms with van der Waals surface area (Å²) >= 11 is 5.88. The number of carbonyl (C=O) groups excluding carboxylic acids is 4. The summed E-state index contributed by atoms with van der Waals surface area (Å²) in [6.45, 7) is 4.25. The molecule has 2 atom stereocenters. The summed E-state index contributed by atoms with van der Waals surface area (Å²) in [6.07, 6.45) is -0.00672. The predicted octanol–water partition coefficient (Wildman–Crippen LogP) is 2.41. The first-order valence-corrected chi connectivity index (χ1v) is 13.2. The molecule has 1 heterocycles. The van der Waals surface area contributed by atoms with Gasteiger partial charge in [0.2, 0.25) is 17.7 Å². The number of carbonyl (C=O) groups is 4. The molecule has 4 amide bonds. The molecule has 3 rings (SSSR count). The molecule has 210 valence electrons. The van der Waals surface area contributed by atoms with Gasteiger partial charge in [0.1, 0.15) is 30.8 Å². The maximum atomic E-state index is 13.2. The molecule has 3 N–H and O–H groups in total. The Bertz CT molecular complexity index is 1160. The number of hydrogen-bond acceptors (Lipinski definition) is 6. The fraction of sp³-hybridized carbons (Fsp3) is 0.429. The first kappa shape index (κ1) is 29.8. The molecule has 11 heteroatoms. The molecule has 0 bridgehead atoms. The number of rotatable bonds is 6. The van der Waals surface area contributed by atoms with E-state index in [1.165, 1.54) is 11.9 Å². The molecule has 0 unspecified atom stereocenters. The highest BCUT2D eigenvalue weighted by molar-refractivity contribution is 6.30. The van der Waals surface area contributed by atoms with Gasteiger partial charge < -0.3 is 30.3 Å². The zero-order chi connectivity index (χ0) is 28.4. The van der Waals surface area contributed by atoms with Crippen LogP contribution in [0.3, 0.4) is 0 Å². The highest BCUT2D eigenvalue weighted by atomic mass is 35.5. The highest BCUT2D eigenvalue weighted by Gasteiger charge is 2.26. The van der Waals surface area contributed by atoms with Crippen LogP contribution in [0.1, 0.15) is 37.0 Å². The molecule has 0 aromatic heterocycles. The molecule has 2 aromatic rings. The zero-order valence-electron chi connectivity index (χ0n) is 22.4. The molecule has 1 aliphatic rings. The number of nitrogens with zero attached hydrogens (tertiary/aromatic N) is 1. The van der Waals surface area contributed by atoms with Crippen LogP contribution in [-0.2, 0) is 14.4 Å². The number of benzene rings is 2. The number of ether oxygens (including phenoxy) is 2. The van der Waals surface area contributed by atoms with Crippen molar-refractivity contribution in [2.45, 2.75) is 38.8 Å². The maximum Gasteiger partial charge on any atom is 0.255 e. The minimum Gasteiger partial charge on any atom is -0.492 e.